The Morgan fingerprint density at radius 2 is 2.04 bits per heavy atom. The van der Waals surface area contributed by atoms with Gasteiger partial charge in [-0.25, -0.2) is 4.79 Å². The zero-order valence-electron chi connectivity index (χ0n) is 13.9. The van der Waals surface area contributed by atoms with Crippen molar-refractivity contribution in [3.05, 3.63) is 58.2 Å². The highest BCUT2D eigenvalue weighted by Crippen LogP contribution is 2.25. The minimum atomic E-state index is -1.22. The third kappa shape index (κ3) is 4.23. The molecule has 0 saturated carbocycles. The topological polar surface area (TPSA) is 89.1 Å². The van der Waals surface area contributed by atoms with Crippen molar-refractivity contribution < 1.29 is 24.1 Å². The molecule has 1 saturated heterocycles. The van der Waals surface area contributed by atoms with Gasteiger partial charge in [-0.3, -0.25) is 0 Å². The van der Waals surface area contributed by atoms with Gasteiger partial charge in [-0.2, -0.15) is 0 Å². The average Bonchev–Trinajstić information content (AvgIpc) is 2.80. The number of allylic oxidation sites excluding steroid dienone is 4. The van der Waals surface area contributed by atoms with Gasteiger partial charge < -0.3 is 24.1 Å². The lowest BCUT2D eigenvalue weighted by atomic mass is 9.99. The van der Waals surface area contributed by atoms with Crippen LogP contribution in [0.1, 0.15) is 18.2 Å². The van der Waals surface area contributed by atoms with E-state index < -0.39 is 23.4 Å². The fourth-order valence-electron chi connectivity index (χ4n) is 2.32. The number of rotatable bonds is 5. The first kappa shape index (κ1) is 18.2. The van der Waals surface area contributed by atoms with E-state index in [1.54, 1.807) is 43.4 Å². The van der Waals surface area contributed by atoms with E-state index >= 15 is 0 Å². The highest BCUT2D eigenvalue weighted by atomic mass is 16.5. The molecule has 1 fully saturated rings. The second kappa shape index (κ2) is 7.61. The first-order valence-corrected chi connectivity index (χ1v) is 7.57. The molecule has 0 bridgehead atoms. The smallest absolute Gasteiger partial charge is 0.339 e. The summed E-state index contributed by atoms with van der Waals surface area (Å²) in [6.45, 7) is 3.44. The van der Waals surface area contributed by atoms with Crippen LogP contribution in [-0.4, -0.2) is 41.7 Å². The van der Waals surface area contributed by atoms with Crippen LogP contribution in [0.2, 0.25) is 0 Å². The summed E-state index contributed by atoms with van der Waals surface area (Å²) in [7, 11) is 1.50. The molecule has 24 heavy (non-hydrogen) atoms. The van der Waals surface area contributed by atoms with Gasteiger partial charge in [-0.05, 0) is 19.9 Å². The molecule has 0 amide bonds. The number of ether oxygens (including phenoxy) is 2. The summed E-state index contributed by atoms with van der Waals surface area (Å²) in [4.78, 5) is 11.4. The van der Waals surface area contributed by atoms with Crippen LogP contribution < -0.4 is 10.4 Å². The van der Waals surface area contributed by atoms with Crippen LogP contribution >= 0.6 is 0 Å². The van der Waals surface area contributed by atoms with Crippen LogP contribution in [0.15, 0.2) is 45.7 Å². The van der Waals surface area contributed by atoms with Crippen molar-refractivity contribution in [1.29, 1.82) is 0 Å². The van der Waals surface area contributed by atoms with Gasteiger partial charge in [0.15, 0.2) is 0 Å². The highest BCUT2D eigenvalue weighted by Gasteiger charge is 2.42. The Hall–Kier alpha value is -2.15. The van der Waals surface area contributed by atoms with E-state index in [1.807, 2.05) is 0 Å². The number of aliphatic hydroxyl groups excluding tert-OH is 1. The lowest BCUT2D eigenvalue weighted by Crippen LogP contribution is -2.40. The lowest BCUT2D eigenvalue weighted by molar-refractivity contribution is -0.0315. The van der Waals surface area contributed by atoms with E-state index in [4.69, 9.17) is 13.9 Å². The Balaban J connectivity index is 1.98. The van der Waals surface area contributed by atoms with Crippen molar-refractivity contribution >= 4 is 6.08 Å². The third-order valence-corrected chi connectivity index (χ3v) is 3.82. The zero-order chi connectivity index (χ0) is 17.7. The quantitative estimate of drug-likeness (QED) is 0.795. The van der Waals surface area contributed by atoms with Crippen molar-refractivity contribution in [2.75, 3.05) is 13.7 Å². The minimum Gasteiger partial charge on any atom is -0.496 e. The predicted molar refractivity (Wildman–Crippen MR) is 90.0 cm³/mol. The first-order chi connectivity index (χ1) is 11.3. The molecule has 1 aromatic rings. The van der Waals surface area contributed by atoms with Crippen molar-refractivity contribution in [2.45, 2.75) is 31.7 Å². The molecule has 2 N–H and O–H groups in total. The third-order valence-electron chi connectivity index (χ3n) is 3.82. The maximum absolute atomic E-state index is 11.4. The molecule has 1 aromatic heterocycles. The van der Waals surface area contributed by atoms with Crippen molar-refractivity contribution in [3.63, 3.8) is 0 Å². The van der Waals surface area contributed by atoms with Gasteiger partial charge in [-0.15, -0.1) is 0 Å². The van der Waals surface area contributed by atoms with Crippen molar-refractivity contribution in [2.24, 2.45) is 0 Å². The Labute approximate surface area is 140 Å². The maximum atomic E-state index is 11.4. The normalized spacial score (nSPS) is 27.7. The molecular weight excluding hydrogens is 312 g/mol. The molecular formula is C18H22O6. The monoisotopic (exact) mass is 334 g/mol. The van der Waals surface area contributed by atoms with Gasteiger partial charge in [-0.1, -0.05) is 30.4 Å². The second-order valence-corrected chi connectivity index (χ2v) is 5.83. The first-order valence-electron chi connectivity index (χ1n) is 7.57. The summed E-state index contributed by atoms with van der Waals surface area (Å²) in [5.41, 5.74) is -0.956. The molecule has 1 aliphatic heterocycles. The second-order valence-electron chi connectivity index (χ2n) is 5.83. The molecule has 0 spiro atoms. The van der Waals surface area contributed by atoms with E-state index in [-0.39, 0.29) is 6.61 Å². The molecule has 0 unspecified atom stereocenters. The van der Waals surface area contributed by atoms with Crippen LogP contribution in [0, 0.1) is 6.92 Å². The van der Waals surface area contributed by atoms with Gasteiger partial charge in [0.25, 0.3) is 0 Å². The Morgan fingerprint density at radius 3 is 2.67 bits per heavy atom. The van der Waals surface area contributed by atoms with Gasteiger partial charge >= 0.3 is 5.63 Å². The summed E-state index contributed by atoms with van der Waals surface area (Å²) in [5, 5.41) is 19.7. The number of hydrogen-bond acceptors (Lipinski definition) is 6. The molecule has 2 heterocycles. The largest absolute Gasteiger partial charge is 0.496 e. The van der Waals surface area contributed by atoms with Crippen LogP contribution in [-0.2, 0) is 4.74 Å². The van der Waals surface area contributed by atoms with E-state index in [0.29, 0.717) is 11.5 Å². The molecule has 6 nitrogen and oxygen atoms in total. The Kier molecular flexibility index (Phi) is 5.77. The van der Waals surface area contributed by atoms with E-state index in [9.17, 15) is 15.0 Å². The number of methoxy groups -OCH3 is 1. The maximum Gasteiger partial charge on any atom is 0.339 e. The van der Waals surface area contributed by atoms with E-state index in [1.165, 1.54) is 20.1 Å². The Morgan fingerprint density at radius 1 is 1.33 bits per heavy atom. The standard InChI is InChI=1S/C18H22O6/c1-12-13(24-16(19)10-15(12)22-3)8-6-4-5-7-9-14-17(20)18(2,21)11-23-14/h4-10,14,17,20-21H,11H2,1-3H3/b5-4-,8-6-,9-7-/t14-,17+,18-/m1/s1. The van der Waals surface area contributed by atoms with Gasteiger partial charge in [0.2, 0.25) is 0 Å². The molecule has 0 aromatic carbocycles. The SMILES string of the molecule is COc1cc(=O)oc(\C=C/C=C\C=C/[C@H]2OC[C@@](C)(O)[C@H]2O)c1C. The summed E-state index contributed by atoms with van der Waals surface area (Å²) in [5.74, 6) is 0.910. The van der Waals surface area contributed by atoms with Crippen LogP contribution in [0.3, 0.4) is 0 Å². The number of aliphatic hydroxyl groups is 2. The fourth-order valence-corrected chi connectivity index (χ4v) is 2.32. The van der Waals surface area contributed by atoms with Crippen LogP contribution in [0.25, 0.3) is 6.08 Å². The molecule has 1 aliphatic rings. The molecule has 2 rings (SSSR count). The molecule has 3 atom stereocenters. The summed E-state index contributed by atoms with van der Waals surface area (Å²) in [6.07, 6.45) is 8.77. The summed E-state index contributed by atoms with van der Waals surface area (Å²) in [6, 6.07) is 1.30. The molecule has 0 radical (unpaired) electrons. The predicted octanol–water partition coefficient (Wildman–Crippen LogP) is 1.59. The van der Waals surface area contributed by atoms with Gasteiger partial charge in [0.05, 0.1) is 19.8 Å². The molecule has 130 valence electrons. The summed E-state index contributed by atoms with van der Waals surface area (Å²) >= 11 is 0. The van der Waals surface area contributed by atoms with Crippen molar-refractivity contribution in [1.82, 2.24) is 0 Å². The minimum absolute atomic E-state index is 0.0982. The zero-order valence-corrected chi connectivity index (χ0v) is 13.9. The van der Waals surface area contributed by atoms with Crippen LogP contribution in [0.5, 0.6) is 5.75 Å². The van der Waals surface area contributed by atoms with Gasteiger partial charge in [0.1, 0.15) is 29.3 Å². The highest BCUT2D eigenvalue weighted by molar-refractivity contribution is 5.52. The molecule has 6 heteroatoms. The summed E-state index contributed by atoms with van der Waals surface area (Å²) < 4.78 is 15.5. The average molecular weight is 334 g/mol. The lowest BCUT2D eigenvalue weighted by Gasteiger charge is -2.19. The number of hydrogen-bond donors (Lipinski definition) is 2. The molecule has 0 aliphatic carbocycles. The fraction of sp³-hybridized carbons (Fsp3) is 0.389. The van der Waals surface area contributed by atoms with Gasteiger partial charge in [0, 0.05) is 5.56 Å². The van der Waals surface area contributed by atoms with E-state index in [0.717, 1.165) is 5.56 Å². The Bertz CT molecular complexity index is 711. The van der Waals surface area contributed by atoms with E-state index in [2.05, 4.69) is 0 Å². The van der Waals surface area contributed by atoms with Crippen molar-refractivity contribution in [3.8, 4) is 5.75 Å². The van der Waals surface area contributed by atoms with Crippen LogP contribution in [0.4, 0.5) is 0 Å².